The van der Waals surface area contributed by atoms with E-state index in [2.05, 4.69) is 37.5 Å². The van der Waals surface area contributed by atoms with Gasteiger partial charge in [-0.3, -0.25) is 4.79 Å². The molecule has 0 fully saturated rings. The number of rotatable bonds is 35. The summed E-state index contributed by atoms with van der Waals surface area (Å²) in [5, 5.41) is 20.6. The maximum Gasteiger partial charge on any atom is 0.305 e. The number of esters is 1. The quantitative estimate of drug-likeness (QED) is 0.0531. The monoisotopic (exact) mass is 641 g/mol. The summed E-state index contributed by atoms with van der Waals surface area (Å²) in [7, 11) is 0. The van der Waals surface area contributed by atoms with Gasteiger partial charge >= 0.3 is 5.97 Å². The van der Waals surface area contributed by atoms with Gasteiger partial charge in [0, 0.05) is 19.5 Å². The number of carbonyl (C=O) groups is 1. The summed E-state index contributed by atoms with van der Waals surface area (Å²) in [5.41, 5.74) is 0. The Balaban J connectivity index is 4.50. The van der Waals surface area contributed by atoms with Gasteiger partial charge < -0.3 is 24.7 Å². The molecule has 6 heteroatoms. The fourth-order valence-electron chi connectivity index (χ4n) is 6.17. The minimum Gasteiger partial charge on any atom is -0.465 e. The molecule has 6 nitrogen and oxygen atoms in total. The average Bonchev–Trinajstić information content (AvgIpc) is 3.04. The second kappa shape index (κ2) is 33.2. The zero-order chi connectivity index (χ0) is 33.4. The van der Waals surface area contributed by atoms with E-state index in [0.29, 0.717) is 25.5 Å². The van der Waals surface area contributed by atoms with E-state index < -0.39 is 0 Å². The highest BCUT2D eigenvalue weighted by Crippen LogP contribution is 2.20. The molecule has 0 aliphatic carbocycles. The average molecular weight is 641 g/mol. The molecule has 3 atom stereocenters. The molecule has 270 valence electrons. The van der Waals surface area contributed by atoms with Gasteiger partial charge in [0.05, 0.1) is 18.8 Å². The number of hydrogen-bond acceptors (Lipinski definition) is 6. The van der Waals surface area contributed by atoms with Crippen molar-refractivity contribution in [2.45, 2.75) is 195 Å². The van der Waals surface area contributed by atoms with Crippen molar-refractivity contribution in [3.05, 3.63) is 0 Å². The van der Waals surface area contributed by atoms with Crippen LogP contribution in [0.1, 0.15) is 182 Å². The van der Waals surface area contributed by atoms with Gasteiger partial charge in [-0.25, -0.2) is 0 Å². The van der Waals surface area contributed by atoms with Gasteiger partial charge in [0.25, 0.3) is 0 Å². The van der Waals surface area contributed by atoms with Crippen LogP contribution >= 0.6 is 0 Å². The first-order chi connectivity index (χ1) is 21.9. The molecule has 0 aromatic heterocycles. The van der Waals surface area contributed by atoms with E-state index in [1.165, 1.54) is 103 Å². The molecule has 2 N–H and O–H groups in total. The third-order valence-corrected chi connectivity index (χ3v) is 9.42. The van der Waals surface area contributed by atoms with Gasteiger partial charge in [-0.2, -0.15) is 0 Å². The van der Waals surface area contributed by atoms with Crippen LogP contribution in [0.4, 0.5) is 0 Å². The zero-order valence-corrected chi connectivity index (χ0v) is 31.1. The van der Waals surface area contributed by atoms with Gasteiger partial charge in [-0.1, -0.05) is 125 Å². The fraction of sp³-hybridized carbons (Fsp3) is 0.974. The Labute approximate surface area is 281 Å². The molecule has 0 aliphatic rings. The summed E-state index contributed by atoms with van der Waals surface area (Å²) < 4.78 is 5.80. The maximum atomic E-state index is 12.6. The molecule has 0 radical (unpaired) electrons. The molecule has 0 rings (SSSR count). The maximum absolute atomic E-state index is 12.6. The lowest BCUT2D eigenvalue weighted by Gasteiger charge is -2.28. The third kappa shape index (κ3) is 29.2. The number of aliphatic hydroxyl groups excluding tert-OH is 2. The minimum atomic E-state index is -0.293. The van der Waals surface area contributed by atoms with Crippen LogP contribution in [0.25, 0.3) is 0 Å². The summed E-state index contributed by atoms with van der Waals surface area (Å²) in [5.74, 6) is 0.496. The highest BCUT2D eigenvalue weighted by Gasteiger charge is 2.15. The highest BCUT2D eigenvalue weighted by atomic mass is 16.5. The number of hydrogen-bond donors (Lipinski definition) is 2. The van der Waals surface area contributed by atoms with E-state index in [4.69, 9.17) is 4.74 Å². The van der Waals surface area contributed by atoms with Gasteiger partial charge in [0.2, 0.25) is 0 Å². The van der Waals surface area contributed by atoms with E-state index >= 15 is 0 Å². The second-order valence-corrected chi connectivity index (χ2v) is 13.9. The molecule has 0 aromatic rings. The molecule has 0 amide bonds. The van der Waals surface area contributed by atoms with Crippen LogP contribution in [0.15, 0.2) is 0 Å². The molecule has 0 bridgehead atoms. The molecule has 0 aromatic carbocycles. The molecule has 3 unspecified atom stereocenters. The van der Waals surface area contributed by atoms with E-state index in [-0.39, 0.29) is 18.2 Å². The first-order valence-electron chi connectivity index (χ1n) is 19.9. The molecule has 45 heavy (non-hydrogen) atoms. The predicted octanol–water partition coefficient (Wildman–Crippen LogP) is 9.54. The first-order valence-corrected chi connectivity index (χ1v) is 19.9. The normalized spacial score (nSPS) is 13.9. The van der Waals surface area contributed by atoms with E-state index in [1.54, 1.807) is 0 Å². The molecule has 0 spiro atoms. The Hall–Kier alpha value is -0.690. The van der Waals surface area contributed by atoms with Crippen molar-refractivity contribution in [3.63, 3.8) is 0 Å². The van der Waals surface area contributed by atoms with Crippen molar-refractivity contribution in [1.29, 1.82) is 0 Å². The zero-order valence-electron chi connectivity index (χ0n) is 31.1. The molecular weight excluding hydrogens is 560 g/mol. The summed E-state index contributed by atoms with van der Waals surface area (Å²) in [4.78, 5) is 17.4. The SMILES string of the molecule is CCCCCCCCC(CCCCCC)COC(=O)CCCCCN(CCCN(CCCCCC)CC(O)CC)CC(O)CC. The third-order valence-electron chi connectivity index (χ3n) is 9.42. The molecule has 0 aliphatic heterocycles. The van der Waals surface area contributed by atoms with Crippen LogP contribution in [0.2, 0.25) is 0 Å². The van der Waals surface area contributed by atoms with Crippen molar-refractivity contribution in [2.24, 2.45) is 5.92 Å². The van der Waals surface area contributed by atoms with Crippen molar-refractivity contribution in [2.75, 3.05) is 45.9 Å². The number of aliphatic hydroxyl groups is 2. The molecule has 0 saturated carbocycles. The lowest BCUT2D eigenvalue weighted by atomic mass is 9.95. The number of unbranched alkanes of at least 4 members (excludes halogenated alkanes) is 13. The minimum absolute atomic E-state index is 0.0249. The fourth-order valence-corrected chi connectivity index (χ4v) is 6.17. The van der Waals surface area contributed by atoms with Gasteiger partial charge in [0.1, 0.15) is 0 Å². The van der Waals surface area contributed by atoms with Crippen molar-refractivity contribution < 1.29 is 19.7 Å². The van der Waals surface area contributed by atoms with Crippen LogP contribution in [0, 0.1) is 5.92 Å². The van der Waals surface area contributed by atoms with Crippen LogP contribution in [0.5, 0.6) is 0 Å². The van der Waals surface area contributed by atoms with E-state index in [1.807, 2.05) is 6.92 Å². The van der Waals surface area contributed by atoms with Crippen LogP contribution < -0.4 is 0 Å². The smallest absolute Gasteiger partial charge is 0.305 e. The number of carbonyl (C=O) groups excluding carboxylic acids is 1. The summed E-state index contributed by atoms with van der Waals surface area (Å²) >= 11 is 0. The lowest BCUT2D eigenvalue weighted by molar-refractivity contribution is -0.145. The summed E-state index contributed by atoms with van der Waals surface area (Å²) in [6, 6.07) is 0. The highest BCUT2D eigenvalue weighted by molar-refractivity contribution is 5.69. The van der Waals surface area contributed by atoms with Crippen LogP contribution in [0.3, 0.4) is 0 Å². The summed E-state index contributed by atoms with van der Waals surface area (Å²) in [6.07, 6.45) is 25.9. The first kappa shape index (κ1) is 44.3. The van der Waals surface area contributed by atoms with Crippen LogP contribution in [-0.4, -0.2) is 84.1 Å². The topological polar surface area (TPSA) is 73.2 Å². The Morgan fingerprint density at radius 2 is 0.933 bits per heavy atom. The predicted molar refractivity (Wildman–Crippen MR) is 194 cm³/mol. The Morgan fingerprint density at radius 1 is 0.533 bits per heavy atom. The largest absolute Gasteiger partial charge is 0.465 e. The summed E-state index contributed by atoms with van der Waals surface area (Å²) in [6.45, 7) is 16.9. The number of ether oxygens (including phenoxy) is 1. The number of nitrogens with zero attached hydrogens (tertiary/aromatic N) is 2. The van der Waals surface area contributed by atoms with Crippen LogP contribution in [-0.2, 0) is 9.53 Å². The van der Waals surface area contributed by atoms with Crippen molar-refractivity contribution >= 4 is 5.97 Å². The Morgan fingerprint density at radius 3 is 1.42 bits per heavy atom. The Bertz CT molecular complexity index is 620. The van der Waals surface area contributed by atoms with Gasteiger partial charge in [0.15, 0.2) is 0 Å². The molecule has 0 heterocycles. The van der Waals surface area contributed by atoms with E-state index in [0.717, 1.165) is 71.2 Å². The van der Waals surface area contributed by atoms with Gasteiger partial charge in [-0.15, -0.1) is 0 Å². The second-order valence-electron chi connectivity index (χ2n) is 13.9. The lowest BCUT2D eigenvalue weighted by Crippen LogP contribution is -2.38. The van der Waals surface area contributed by atoms with Gasteiger partial charge in [-0.05, 0) is 83.5 Å². The molecular formula is C39H80N2O4. The Kier molecular flexibility index (Phi) is 32.7. The molecule has 0 saturated heterocycles. The van der Waals surface area contributed by atoms with Crippen molar-refractivity contribution in [1.82, 2.24) is 9.80 Å². The van der Waals surface area contributed by atoms with Crippen molar-refractivity contribution in [3.8, 4) is 0 Å². The standard InChI is InChI=1S/C39H80N2O4/c1-6-11-14-17-18-21-27-36(26-20-15-12-7-2)35-45-39(44)28-22-19-24-30-41(34-38(43)10-5)32-25-31-40(33-37(42)9-4)29-23-16-13-8-3/h36-38,42-43H,6-35H2,1-5H3. The van der Waals surface area contributed by atoms with E-state index in [9.17, 15) is 15.0 Å².